The van der Waals surface area contributed by atoms with Gasteiger partial charge in [-0.05, 0) is 6.92 Å². The monoisotopic (exact) mass is 297 g/mol. The number of aryl methyl sites for hydroxylation is 1. The molecule has 0 radical (unpaired) electrons. The number of hydrogen-bond acceptors (Lipinski definition) is 5. The third-order valence-electron chi connectivity index (χ3n) is 2.48. The molecule has 0 saturated carbocycles. The van der Waals surface area contributed by atoms with E-state index in [-0.39, 0.29) is 5.75 Å². The molecule has 0 unspecified atom stereocenters. The molecule has 0 aliphatic heterocycles. The molecule has 2 aromatic rings. The summed E-state index contributed by atoms with van der Waals surface area (Å²) in [6.07, 6.45) is 1.23. The molecule has 1 aromatic carbocycles. The lowest BCUT2D eigenvalue weighted by Crippen LogP contribution is -2.05. The van der Waals surface area contributed by atoms with Crippen LogP contribution in [-0.4, -0.2) is 41.4 Å². The van der Waals surface area contributed by atoms with Gasteiger partial charge in [-0.3, -0.25) is 5.10 Å². The van der Waals surface area contributed by atoms with Crippen LogP contribution >= 0.6 is 11.8 Å². The lowest BCUT2D eigenvalue weighted by atomic mass is 10.1. The minimum absolute atomic E-state index is 0.131. The summed E-state index contributed by atoms with van der Waals surface area (Å²) in [6.45, 7) is 2.02. The average Bonchev–Trinajstić information content (AvgIpc) is 2.77. The summed E-state index contributed by atoms with van der Waals surface area (Å²) in [5.41, 5.74) is 2.15. The maximum absolute atomic E-state index is 11.0. The maximum atomic E-state index is 11.0. The van der Waals surface area contributed by atoms with Gasteiger partial charge in [-0.2, -0.15) is 0 Å². The third-order valence-corrected chi connectivity index (χ3v) is 4.53. The van der Waals surface area contributed by atoms with E-state index in [0.29, 0.717) is 16.7 Å². The van der Waals surface area contributed by atoms with Gasteiger partial charge in [-0.1, -0.05) is 41.6 Å². The van der Waals surface area contributed by atoms with Crippen LogP contribution in [0.25, 0.3) is 11.4 Å². The molecule has 5 nitrogen and oxygen atoms in total. The Labute approximate surface area is 116 Å². The van der Waals surface area contributed by atoms with Gasteiger partial charge in [-0.25, -0.2) is 13.4 Å². The van der Waals surface area contributed by atoms with Gasteiger partial charge in [0.05, 0.1) is 5.75 Å². The van der Waals surface area contributed by atoms with Gasteiger partial charge in [0.1, 0.15) is 9.84 Å². The highest BCUT2D eigenvalue weighted by Gasteiger charge is 2.08. The first-order valence-electron chi connectivity index (χ1n) is 5.74. The standard InChI is InChI=1S/C12H15N3O2S2/c1-9-3-5-10(6-4-9)11-13-12(15-14-11)18-7-8-19(2,16)17/h3-6H,7-8H2,1-2H3,(H,13,14,15). The predicted octanol–water partition coefficient (Wildman–Crippen LogP) is 1.92. The largest absolute Gasteiger partial charge is 0.258 e. The molecule has 1 N–H and O–H groups in total. The van der Waals surface area contributed by atoms with Gasteiger partial charge < -0.3 is 0 Å². The second kappa shape index (κ2) is 5.75. The number of nitrogens with zero attached hydrogens (tertiary/aromatic N) is 2. The molecule has 0 fully saturated rings. The molecular formula is C12H15N3O2S2. The minimum atomic E-state index is -2.93. The van der Waals surface area contributed by atoms with Crippen molar-refractivity contribution >= 4 is 21.6 Å². The van der Waals surface area contributed by atoms with Crippen molar-refractivity contribution in [2.75, 3.05) is 17.8 Å². The molecule has 0 saturated heterocycles. The van der Waals surface area contributed by atoms with Gasteiger partial charge in [-0.15, -0.1) is 5.10 Å². The zero-order valence-corrected chi connectivity index (χ0v) is 12.4. The highest BCUT2D eigenvalue weighted by atomic mass is 32.2. The van der Waals surface area contributed by atoms with Gasteiger partial charge in [0.2, 0.25) is 5.16 Å². The Kier molecular flexibility index (Phi) is 4.26. The maximum Gasteiger partial charge on any atom is 0.208 e. The number of H-pyrrole nitrogens is 1. The Morgan fingerprint density at radius 2 is 1.95 bits per heavy atom. The van der Waals surface area contributed by atoms with Crippen molar-refractivity contribution in [3.63, 3.8) is 0 Å². The van der Waals surface area contributed by atoms with Crippen LogP contribution in [0.5, 0.6) is 0 Å². The van der Waals surface area contributed by atoms with E-state index in [0.717, 1.165) is 5.56 Å². The summed E-state index contributed by atoms with van der Waals surface area (Å²) < 4.78 is 22.0. The highest BCUT2D eigenvalue weighted by molar-refractivity contribution is 8.00. The fourth-order valence-corrected chi connectivity index (χ4v) is 3.43. The lowest BCUT2D eigenvalue weighted by molar-refractivity contribution is 0.603. The van der Waals surface area contributed by atoms with Crippen LogP contribution < -0.4 is 0 Å². The Hall–Kier alpha value is -1.34. The van der Waals surface area contributed by atoms with Crippen molar-refractivity contribution in [3.05, 3.63) is 29.8 Å². The van der Waals surface area contributed by atoms with E-state index in [9.17, 15) is 8.42 Å². The van der Waals surface area contributed by atoms with Crippen LogP contribution in [0.15, 0.2) is 29.4 Å². The molecule has 1 aromatic heterocycles. The van der Waals surface area contributed by atoms with Crippen LogP contribution in [0.4, 0.5) is 0 Å². The number of sulfone groups is 1. The first-order chi connectivity index (χ1) is 8.94. The minimum Gasteiger partial charge on any atom is -0.258 e. The van der Waals surface area contributed by atoms with Gasteiger partial charge in [0.25, 0.3) is 0 Å². The average molecular weight is 297 g/mol. The molecule has 0 bridgehead atoms. The number of benzene rings is 1. The van der Waals surface area contributed by atoms with Crippen LogP contribution in [0, 0.1) is 6.92 Å². The van der Waals surface area contributed by atoms with Crippen LogP contribution in [0.1, 0.15) is 5.56 Å². The SMILES string of the molecule is Cc1ccc(-c2nc(SCCS(C)(=O)=O)n[nH]2)cc1. The normalized spacial score (nSPS) is 11.7. The van der Waals surface area contributed by atoms with E-state index in [1.54, 1.807) is 0 Å². The van der Waals surface area contributed by atoms with E-state index in [1.807, 2.05) is 31.2 Å². The Bertz CT molecular complexity index is 648. The smallest absolute Gasteiger partial charge is 0.208 e. The number of nitrogens with one attached hydrogen (secondary N) is 1. The van der Waals surface area contributed by atoms with E-state index < -0.39 is 9.84 Å². The molecule has 0 aliphatic rings. The molecular weight excluding hydrogens is 282 g/mol. The van der Waals surface area contributed by atoms with Crippen molar-refractivity contribution in [1.82, 2.24) is 15.2 Å². The fourth-order valence-electron chi connectivity index (χ4n) is 1.44. The van der Waals surface area contributed by atoms with Gasteiger partial charge in [0, 0.05) is 17.6 Å². The molecule has 102 valence electrons. The van der Waals surface area contributed by atoms with Crippen LogP contribution in [-0.2, 0) is 9.84 Å². The van der Waals surface area contributed by atoms with Crippen LogP contribution in [0.2, 0.25) is 0 Å². The number of thioether (sulfide) groups is 1. The summed E-state index contributed by atoms with van der Waals surface area (Å²) >= 11 is 1.33. The Morgan fingerprint density at radius 1 is 1.26 bits per heavy atom. The van der Waals surface area contributed by atoms with Gasteiger partial charge >= 0.3 is 0 Å². The summed E-state index contributed by atoms with van der Waals surface area (Å²) in [5.74, 6) is 1.29. The number of rotatable bonds is 5. The zero-order valence-electron chi connectivity index (χ0n) is 10.8. The molecule has 2 rings (SSSR count). The van der Waals surface area contributed by atoms with E-state index in [2.05, 4.69) is 15.2 Å². The molecule has 1 heterocycles. The highest BCUT2D eigenvalue weighted by Crippen LogP contribution is 2.19. The summed E-state index contributed by atoms with van der Waals surface area (Å²) in [7, 11) is -2.93. The molecule has 7 heteroatoms. The number of aromatic amines is 1. The van der Waals surface area contributed by atoms with Crippen LogP contribution in [0.3, 0.4) is 0 Å². The first kappa shape index (κ1) is 14.1. The number of hydrogen-bond donors (Lipinski definition) is 1. The fraction of sp³-hybridized carbons (Fsp3) is 0.333. The lowest BCUT2D eigenvalue weighted by Gasteiger charge is -1.96. The van der Waals surface area contributed by atoms with Crippen molar-refractivity contribution in [3.8, 4) is 11.4 Å². The third kappa shape index (κ3) is 4.36. The van der Waals surface area contributed by atoms with E-state index >= 15 is 0 Å². The summed E-state index contributed by atoms with van der Waals surface area (Å²) in [4.78, 5) is 4.33. The molecule has 0 amide bonds. The van der Waals surface area contributed by atoms with Crippen molar-refractivity contribution in [2.24, 2.45) is 0 Å². The molecule has 0 atom stereocenters. The topological polar surface area (TPSA) is 75.7 Å². The van der Waals surface area contributed by atoms with E-state index in [1.165, 1.54) is 23.6 Å². The molecule has 0 aliphatic carbocycles. The van der Waals surface area contributed by atoms with E-state index in [4.69, 9.17) is 0 Å². The van der Waals surface area contributed by atoms with Crippen molar-refractivity contribution in [2.45, 2.75) is 12.1 Å². The Morgan fingerprint density at radius 3 is 2.58 bits per heavy atom. The Balaban J connectivity index is 2.01. The molecule has 0 spiro atoms. The second-order valence-corrected chi connectivity index (χ2v) is 7.63. The molecule has 19 heavy (non-hydrogen) atoms. The quantitative estimate of drug-likeness (QED) is 0.853. The summed E-state index contributed by atoms with van der Waals surface area (Å²) in [6, 6.07) is 7.96. The first-order valence-corrected chi connectivity index (χ1v) is 8.78. The predicted molar refractivity (Wildman–Crippen MR) is 77.0 cm³/mol. The van der Waals surface area contributed by atoms with Crippen molar-refractivity contribution in [1.29, 1.82) is 0 Å². The number of aromatic nitrogens is 3. The van der Waals surface area contributed by atoms with Crippen molar-refractivity contribution < 1.29 is 8.42 Å². The summed E-state index contributed by atoms with van der Waals surface area (Å²) in [5, 5.41) is 7.49. The zero-order chi connectivity index (χ0) is 13.9. The second-order valence-electron chi connectivity index (χ2n) is 4.31. The van der Waals surface area contributed by atoms with Gasteiger partial charge in [0.15, 0.2) is 5.82 Å².